The third kappa shape index (κ3) is 2.31. The van der Waals surface area contributed by atoms with Crippen LogP contribution in [0.4, 0.5) is 0 Å². The monoisotopic (exact) mass is 272 g/mol. The highest BCUT2D eigenvalue weighted by molar-refractivity contribution is 5.98. The van der Waals surface area contributed by atoms with Crippen molar-refractivity contribution >= 4 is 16.8 Å². The molecule has 2 aromatic rings. The fourth-order valence-electron chi connectivity index (χ4n) is 3.08. The third-order valence-electron chi connectivity index (χ3n) is 4.33. The Bertz CT molecular complexity index is 632. The first-order valence-corrected chi connectivity index (χ1v) is 7.17. The number of nitrogens with one attached hydrogen (secondary N) is 1. The molecule has 0 aliphatic heterocycles. The first-order valence-electron chi connectivity index (χ1n) is 7.17. The zero-order valence-corrected chi connectivity index (χ0v) is 11.7. The summed E-state index contributed by atoms with van der Waals surface area (Å²) in [5, 5.41) is 13.8. The molecule has 1 aliphatic carbocycles. The van der Waals surface area contributed by atoms with Crippen LogP contribution in [0.5, 0.6) is 0 Å². The van der Waals surface area contributed by atoms with Crippen LogP contribution in [0.15, 0.2) is 30.3 Å². The van der Waals surface area contributed by atoms with Gasteiger partial charge in [-0.25, -0.2) is 0 Å². The highest BCUT2D eigenvalue weighted by atomic mass is 16.3. The van der Waals surface area contributed by atoms with Gasteiger partial charge in [0.25, 0.3) is 5.91 Å². The van der Waals surface area contributed by atoms with Gasteiger partial charge >= 0.3 is 0 Å². The van der Waals surface area contributed by atoms with Gasteiger partial charge in [-0.1, -0.05) is 24.6 Å². The van der Waals surface area contributed by atoms with E-state index in [1.54, 1.807) is 0 Å². The van der Waals surface area contributed by atoms with Gasteiger partial charge in [0.1, 0.15) is 5.69 Å². The Morgan fingerprint density at radius 2 is 2.20 bits per heavy atom. The SMILES string of the molecule is Cn1c(C(=O)NC[C@H]2CCC[C@H]2O)cc2ccccc21. The number of nitrogens with zero attached hydrogens (tertiary/aromatic N) is 1. The number of fused-ring (bicyclic) bond motifs is 1. The lowest BCUT2D eigenvalue weighted by Crippen LogP contribution is -2.33. The van der Waals surface area contributed by atoms with Crippen LogP contribution in [0.3, 0.4) is 0 Å². The van der Waals surface area contributed by atoms with Gasteiger partial charge in [-0.05, 0) is 25.0 Å². The van der Waals surface area contributed by atoms with Crippen LogP contribution in [-0.4, -0.2) is 28.2 Å². The van der Waals surface area contributed by atoms with Crippen molar-refractivity contribution in [2.24, 2.45) is 13.0 Å². The molecular formula is C16H20N2O2. The summed E-state index contributed by atoms with van der Waals surface area (Å²) in [6.45, 7) is 0.557. The highest BCUT2D eigenvalue weighted by Crippen LogP contribution is 2.25. The Kier molecular flexibility index (Phi) is 3.49. The molecule has 1 amide bonds. The Morgan fingerprint density at radius 3 is 2.90 bits per heavy atom. The largest absolute Gasteiger partial charge is 0.393 e. The molecule has 0 spiro atoms. The van der Waals surface area contributed by atoms with Crippen molar-refractivity contribution in [2.75, 3.05) is 6.54 Å². The molecule has 0 unspecified atom stereocenters. The Labute approximate surface area is 118 Å². The van der Waals surface area contributed by atoms with Crippen LogP contribution in [0.1, 0.15) is 29.8 Å². The maximum absolute atomic E-state index is 12.3. The van der Waals surface area contributed by atoms with Crippen molar-refractivity contribution in [3.63, 3.8) is 0 Å². The van der Waals surface area contributed by atoms with E-state index in [4.69, 9.17) is 0 Å². The van der Waals surface area contributed by atoms with Gasteiger partial charge in [-0.2, -0.15) is 0 Å². The number of carbonyl (C=O) groups is 1. The fraction of sp³-hybridized carbons (Fsp3) is 0.438. The molecule has 2 N–H and O–H groups in total. The Balaban J connectivity index is 1.74. The van der Waals surface area contributed by atoms with Crippen molar-refractivity contribution in [3.8, 4) is 0 Å². The molecule has 106 valence electrons. The summed E-state index contributed by atoms with van der Waals surface area (Å²) >= 11 is 0. The molecule has 1 saturated carbocycles. The molecule has 4 nitrogen and oxygen atoms in total. The van der Waals surface area contributed by atoms with Gasteiger partial charge in [0.05, 0.1) is 6.10 Å². The van der Waals surface area contributed by atoms with Crippen molar-refractivity contribution in [2.45, 2.75) is 25.4 Å². The molecule has 4 heteroatoms. The summed E-state index contributed by atoms with van der Waals surface area (Å²) in [5.74, 6) is 0.136. The minimum absolute atomic E-state index is 0.0669. The van der Waals surface area contributed by atoms with Crippen LogP contribution < -0.4 is 5.32 Å². The highest BCUT2D eigenvalue weighted by Gasteiger charge is 2.25. The smallest absolute Gasteiger partial charge is 0.267 e. The molecule has 1 heterocycles. The molecule has 20 heavy (non-hydrogen) atoms. The number of para-hydroxylation sites is 1. The maximum Gasteiger partial charge on any atom is 0.267 e. The fourth-order valence-corrected chi connectivity index (χ4v) is 3.08. The van der Waals surface area contributed by atoms with E-state index >= 15 is 0 Å². The molecule has 1 aromatic heterocycles. The standard InChI is InChI=1S/C16H20N2O2/c1-18-13-7-3-2-5-11(13)9-14(18)16(20)17-10-12-6-4-8-15(12)19/h2-3,5,7,9,12,15,19H,4,6,8,10H2,1H3,(H,17,20)/t12-,15-/m1/s1. The number of aromatic nitrogens is 1. The first kappa shape index (κ1) is 13.2. The lowest BCUT2D eigenvalue weighted by molar-refractivity contribution is 0.0909. The van der Waals surface area contributed by atoms with Gasteiger partial charge in [0.15, 0.2) is 0 Å². The summed E-state index contributed by atoms with van der Waals surface area (Å²) in [5.41, 5.74) is 1.72. The van der Waals surface area contributed by atoms with Crippen LogP contribution >= 0.6 is 0 Å². The zero-order valence-electron chi connectivity index (χ0n) is 11.7. The molecule has 0 saturated heterocycles. The molecule has 0 bridgehead atoms. The predicted molar refractivity (Wildman–Crippen MR) is 78.6 cm³/mol. The number of aryl methyl sites for hydroxylation is 1. The van der Waals surface area contributed by atoms with E-state index in [-0.39, 0.29) is 17.9 Å². The number of aliphatic hydroxyl groups is 1. The van der Waals surface area contributed by atoms with Crippen LogP contribution in [0, 0.1) is 5.92 Å². The minimum atomic E-state index is -0.261. The molecule has 1 aromatic carbocycles. The third-order valence-corrected chi connectivity index (χ3v) is 4.33. The molecule has 2 atom stereocenters. The number of hydrogen-bond donors (Lipinski definition) is 2. The number of rotatable bonds is 3. The second-order valence-corrected chi connectivity index (χ2v) is 5.62. The van der Waals surface area contributed by atoms with E-state index in [9.17, 15) is 9.90 Å². The molecule has 1 fully saturated rings. The topological polar surface area (TPSA) is 54.3 Å². The van der Waals surface area contributed by atoms with E-state index in [1.165, 1.54) is 0 Å². The number of carbonyl (C=O) groups excluding carboxylic acids is 1. The van der Waals surface area contributed by atoms with Crippen LogP contribution in [0.2, 0.25) is 0 Å². The summed E-state index contributed by atoms with van der Waals surface area (Å²) < 4.78 is 1.91. The van der Waals surface area contributed by atoms with Gasteiger partial charge < -0.3 is 15.0 Å². The van der Waals surface area contributed by atoms with E-state index < -0.39 is 0 Å². The van der Waals surface area contributed by atoms with E-state index in [1.807, 2.05) is 41.9 Å². The quantitative estimate of drug-likeness (QED) is 0.898. The van der Waals surface area contributed by atoms with E-state index in [2.05, 4.69) is 5.32 Å². The first-order chi connectivity index (χ1) is 9.66. The van der Waals surface area contributed by atoms with Crippen molar-refractivity contribution in [1.82, 2.24) is 9.88 Å². The van der Waals surface area contributed by atoms with E-state index in [0.29, 0.717) is 12.2 Å². The van der Waals surface area contributed by atoms with Crippen LogP contribution in [-0.2, 0) is 7.05 Å². The minimum Gasteiger partial charge on any atom is -0.393 e. The molecular weight excluding hydrogens is 252 g/mol. The normalized spacial score (nSPS) is 22.3. The van der Waals surface area contributed by atoms with Gasteiger partial charge in [-0.3, -0.25) is 4.79 Å². The number of aliphatic hydroxyl groups excluding tert-OH is 1. The number of benzene rings is 1. The predicted octanol–water partition coefficient (Wildman–Crippen LogP) is 2.07. The van der Waals surface area contributed by atoms with Gasteiger partial charge in [0.2, 0.25) is 0 Å². The van der Waals surface area contributed by atoms with Gasteiger partial charge in [-0.15, -0.1) is 0 Å². The second kappa shape index (κ2) is 5.29. The lowest BCUT2D eigenvalue weighted by Gasteiger charge is -2.15. The number of hydrogen-bond acceptors (Lipinski definition) is 2. The lowest BCUT2D eigenvalue weighted by atomic mass is 10.1. The molecule has 0 radical (unpaired) electrons. The zero-order chi connectivity index (χ0) is 14.1. The molecule has 1 aliphatic rings. The summed E-state index contributed by atoms with van der Waals surface area (Å²) in [6.07, 6.45) is 2.64. The average Bonchev–Trinajstić information content (AvgIpc) is 3.01. The summed E-state index contributed by atoms with van der Waals surface area (Å²) in [4.78, 5) is 12.3. The second-order valence-electron chi connectivity index (χ2n) is 5.62. The van der Waals surface area contributed by atoms with E-state index in [0.717, 1.165) is 30.2 Å². The van der Waals surface area contributed by atoms with Gasteiger partial charge in [0, 0.05) is 30.4 Å². The Hall–Kier alpha value is -1.81. The number of amides is 1. The summed E-state index contributed by atoms with van der Waals surface area (Å²) in [7, 11) is 1.90. The van der Waals surface area contributed by atoms with Crippen molar-refractivity contribution in [3.05, 3.63) is 36.0 Å². The van der Waals surface area contributed by atoms with Crippen molar-refractivity contribution in [1.29, 1.82) is 0 Å². The summed E-state index contributed by atoms with van der Waals surface area (Å²) in [6, 6.07) is 9.87. The molecule has 3 rings (SSSR count). The average molecular weight is 272 g/mol. The van der Waals surface area contributed by atoms with Crippen molar-refractivity contribution < 1.29 is 9.90 Å². The maximum atomic E-state index is 12.3. The van der Waals surface area contributed by atoms with Crippen LogP contribution in [0.25, 0.3) is 10.9 Å². The Morgan fingerprint density at radius 1 is 1.40 bits per heavy atom.